The Hall–Kier alpha value is -2.35. The summed E-state index contributed by atoms with van der Waals surface area (Å²) in [6.45, 7) is 3.08. The van der Waals surface area contributed by atoms with E-state index in [1.165, 1.54) is 0 Å². The molecule has 0 radical (unpaired) electrons. The van der Waals surface area contributed by atoms with Crippen molar-refractivity contribution >= 4 is 5.69 Å². The highest BCUT2D eigenvalue weighted by Crippen LogP contribution is 2.21. The summed E-state index contributed by atoms with van der Waals surface area (Å²) in [6.07, 6.45) is 3.59. The molecular weight excluding hydrogens is 282 g/mol. The molecule has 0 aliphatic carbocycles. The van der Waals surface area contributed by atoms with Crippen LogP contribution in [0.4, 0.5) is 14.5 Å². The number of nitro benzene ring substituents is 1. The third-order valence-corrected chi connectivity index (χ3v) is 2.91. The predicted octanol–water partition coefficient (Wildman–Crippen LogP) is 2.17. The van der Waals surface area contributed by atoms with Crippen LogP contribution in [0.2, 0.25) is 0 Å². The molecule has 0 saturated carbocycles. The molecule has 0 aliphatic rings. The molecular formula is C13H14F2N4O2. The van der Waals surface area contributed by atoms with Crippen molar-refractivity contribution in [3.05, 3.63) is 57.4 Å². The minimum absolute atomic E-state index is 0.0553. The van der Waals surface area contributed by atoms with E-state index in [1.54, 1.807) is 10.9 Å². The third-order valence-electron chi connectivity index (χ3n) is 2.91. The van der Waals surface area contributed by atoms with Crippen LogP contribution >= 0.6 is 0 Å². The maximum atomic E-state index is 13.5. The molecule has 0 atom stereocenters. The molecule has 0 unspecified atom stereocenters. The molecule has 0 amide bonds. The number of halogens is 2. The molecule has 6 nitrogen and oxygen atoms in total. The Morgan fingerprint density at radius 2 is 2.14 bits per heavy atom. The average Bonchev–Trinajstić information content (AvgIpc) is 2.82. The van der Waals surface area contributed by atoms with Crippen molar-refractivity contribution in [3.8, 4) is 0 Å². The van der Waals surface area contributed by atoms with Crippen molar-refractivity contribution in [2.45, 2.75) is 20.0 Å². The van der Waals surface area contributed by atoms with Gasteiger partial charge in [0.05, 0.1) is 17.7 Å². The fourth-order valence-corrected chi connectivity index (χ4v) is 1.86. The lowest BCUT2D eigenvalue weighted by atomic mass is 10.2. The topological polar surface area (TPSA) is 73.0 Å². The molecule has 0 fully saturated rings. The van der Waals surface area contributed by atoms with Crippen molar-refractivity contribution in [2.75, 3.05) is 6.54 Å². The first-order valence-electron chi connectivity index (χ1n) is 6.29. The Labute approximate surface area is 119 Å². The molecule has 0 saturated heterocycles. The quantitative estimate of drug-likeness (QED) is 0.504. The summed E-state index contributed by atoms with van der Waals surface area (Å²) in [7, 11) is 0. The zero-order valence-electron chi connectivity index (χ0n) is 11.3. The van der Waals surface area contributed by atoms with E-state index >= 15 is 0 Å². The van der Waals surface area contributed by atoms with E-state index in [0.717, 1.165) is 11.6 Å². The second-order valence-corrected chi connectivity index (χ2v) is 4.61. The smallest absolute Gasteiger partial charge is 0.305 e. The van der Waals surface area contributed by atoms with E-state index in [1.807, 2.05) is 13.1 Å². The summed E-state index contributed by atoms with van der Waals surface area (Å²) in [5, 5.41) is 17.6. The van der Waals surface area contributed by atoms with Crippen molar-refractivity contribution in [3.63, 3.8) is 0 Å². The van der Waals surface area contributed by atoms with Gasteiger partial charge in [0.15, 0.2) is 0 Å². The number of benzene rings is 1. The summed E-state index contributed by atoms with van der Waals surface area (Å²) < 4.78 is 28.4. The number of rotatable bonds is 6. The van der Waals surface area contributed by atoms with Gasteiger partial charge < -0.3 is 5.32 Å². The maximum Gasteiger partial charge on any atom is 0.305 e. The van der Waals surface area contributed by atoms with E-state index in [4.69, 9.17) is 0 Å². The summed E-state index contributed by atoms with van der Waals surface area (Å²) in [5.74, 6) is -1.98. The lowest BCUT2D eigenvalue weighted by Gasteiger charge is -2.07. The summed E-state index contributed by atoms with van der Waals surface area (Å²) in [4.78, 5) is 9.74. The van der Waals surface area contributed by atoms with E-state index in [0.29, 0.717) is 19.2 Å². The first kappa shape index (κ1) is 15.0. The number of nitrogens with zero attached hydrogens (tertiary/aromatic N) is 3. The van der Waals surface area contributed by atoms with Crippen LogP contribution in [0.1, 0.15) is 11.1 Å². The van der Waals surface area contributed by atoms with Crippen molar-refractivity contribution in [1.82, 2.24) is 15.1 Å². The van der Waals surface area contributed by atoms with Gasteiger partial charge in [0, 0.05) is 37.0 Å². The fraction of sp³-hybridized carbons (Fsp3) is 0.308. The van der Waals surface area contributed by atoms with Crippen LogP contribution in [-0.4, -0.2) is 21.2 Å². The molecule has 0 spiro atoms. The molecule has 1 heterocycles. The first-order chi connectivity index (χ1) is 9.97. The number of nitro groups is 1. The normalized spacial score (nSPS) is 10.8. The highest BCUT2D eigenvalue weighted by Gasteiger charge is 2.18. The van der Waals surface area contributed by atoms with Gasteiger partial charge >= 0.3 is 5.69 Å². The largest absolute Gasteiger partial charge is 0.311 e. The van der Waals surface area contributed by atoms with Gasteiger partial charge in [-0.15, -0.1) is 0 Å². The number of aromatic nitrogens is 2. The van der Waals surface area contributed by atoms with Gasteiger partial charge in [0.2, 0.25) is 5.82 Å². The predicted molar refractivity (Wildman–Crippen MR) is 71.7 cm³/mol. The standard InChI is InChI=1S/C13H14F2N4O2/c1-9-6-17-18(8-9)3-2-16-7-10-4-13(19(20)21)12(15)5-11(10)14/h4-6,8,16H,2-3,7H2,1H3. The van der Waals surface area contributed by atoms with Crippen LogP contribution < -0.4 is 5.32 Å². The van der Waals surface area contributed by atoms with Gasteiger partial charge in [-0.3, -0.25) is 14.8 Å². The molecule has 1 aromatic carbocycles. The van der Waals surface area contributed by atoms with E-state index in [2.05, 4.69) is 10.4 Å². The maximum absolute atomic E-state index is 13.5. The molecule has 0 aliphatic heterocycles. The lowest BCUT2D eigenvalue weighted by molar-refractivity contribution is -0.387. The number of aryl methyl sites for hydroxylation is 1. The zero-order chi connectivity index (χ0) is 15.4. The molecule has 8 heteroatoms. The Morgan fingerprint density at radius 1 is 1.38 bits per heavy atom. The minimum Gasteiger partial charge on any atom is -0.311 e. The first-order valence-corrected chi connectivity index (χ1v) is 6.29. The van der Waals surface area contributed by atoms with Crippen LogP contribution in [0.5, 0.6) is 0 Å². The van der Waals surface area contributed by atoms with Crippen molar-refractivity contribution in [1.29, 1.82) is 0 Å². The molecule has 2 aromatic rings. The fourth-order valence-electron chi connectivity index (χ4n) is 1.86. The summed E-state index contributed by atoms with van der Waals surface area (Å²) in [6, 6.07) is 1.45. The van der Waals surface area contributed by atoms with Crippen LogP contribution in [0.3, 0.4) is 0 Å². The Balaban J connectivity index is 1.93. The molecule has 0 bridgehead atoms. The number of hydrogen-bond donors (Lipinski definition) is 1. The molecule has 1 N–H and O–H groups in total. The number of nitrogens with one attached hydrogen (secondary N) is 1. The second kappa shape index (κ2) is 6.40. The molecule has 2 rings (SSSR count). The number of hydrogen-bond acceptors (Lipinski definition) is 4. The van der Waals surface area contributed by atoms with Gasteiger partial charge in [0.1, 0.15) is 5.82 Å². The molecule has 112 valence electrons. The highest BCUT2D eigenvalue weighted by atomic mass is 19.1. The van der Waals surface area contributed by atoms with E-state index < -0.39 is 22.2 Å². The minimum atomic E-state index is -1.17. The zero-order valence-corrected chi connectivity index (χ0v) is 11.3. The van der Waals surface area contributed by atoms with Crippen LogP contribution in [-0.2, 0) is 13.1 Å². The van der Waals surface area contributed by atoms with E-state index in [9.17, 15) is 18.9 Å². The summed E-state index contributed by atoms with van der Waals surface area (Å²) >= 11 is 0. The second-order valence-electron chi connectivity index (χ2n) is 4.61. The average molecular weight is 296 g/mol. The molecule has 1 aromatic heterocycles. The van der Waals surface area contributed by atoms with Gasteiger partial charge in [-0.05, 0) is 12.5 Å². The van der Waals surface area contributed by atoms with Crippen LogP contribution in [0.15, 0.2) is 24.5 Å². The van der Waals surface area contributed by atoms with E-state index in [-0.39, 0.29) is 12.1 Å². The van der Waals surface area contributed by atoms with Gasteiger partial charge in [0.25, 0.3) is 0 Å². The molecule has 21 heavy (non-hydrogen) atoms. The van der Waals surface area contributed by atoms with Crippen LogP contribution in [0, 0.1) is 28.7 Å². The van der Waals surface area contributed by atoms with Crippen molar-refractivity contribution in [2.24, 2.45) is 0 Å². The summed E-state index contributed by atoms with van der Waals surface area (Å²) in [5.41, 5.74) is 0.367. The highest BCUT2D eigenvalue weighted by molar-refractivity contribution is 5.37. The van der Waals surface area contributed by atoms with Gasteiger partial charge in [-0.2, -0.15) is 9.49 Å². The SMILES string of the molecule is Cc1cnn(CCNCc2cc([N+](=O)[O-])c(F)cc2F)c1. The third kappa shape index (κ3) is 3.82. The van der Waals surface area contributed by atoms with Gasteiger partial charge in [-0.1, -0.05) is 0 Å². The Morgan fingerprint density at radius 3 is 2.76 bits per heavy atom. The Bertz CT molecular complexity index is 658. The van der Waals surface area contributed by atoms with Gasteiger partial charge in [-0.25, -0.2) is 4.39 Å². The Kier molecular flexibility index (Phi) is 4.59. The lowest BCUT2D eigenvalue weighted by Crippen LogP contribution is -2.20. The van der Waals surface area contributed by atoms with Crippen molar-refractivity contribution < 1.29 is 13.7 Å². The van der Waals surface area contributed by atoms with Crippen LogP contribution in [0.25, 0.3) is 0 Å². The monoisotopic (exact) mass is 296 g/mol.